The fraction of sp³-hybridized carbons (Fsp3) is 0.321. The molecule has 2 heterocycles. The molecule has 170 valence electrons. The van der Waals surface area contributed by atoms with Crippen molar-refractivity contribution in [1.82, 2.24) is 10.2 Å². The Morgan fingerprint density at radius 1 is 0.970 bits per heavy atom. The van der Waals surface area contributed by atoms with Gasteiger partial charge in [-0.05, 0) is 67.6 Å². The first-order valence-electron chi connectivity index (χ1n) is 11.9. The van der Waals surface area contributed by atoms with E-state index in [2.05, 4.69) is 77.5 Å². The number of benzene rings is 3. The summed E-state index contributed by atoms with van der Waals surface area (Å²) in [5.41, 5.74) is 5.43. The number of carbonyl (C=O) groups excluding carboxylic acids is 1. The Kier molecular flexibility index (Phi) is 6.43. The fourth-order valence-electron chi connectivity index (χ4n) is 4.97. The maximum atomic E-state index is 13.1. The van der Waals surface area contributed by atoms with Crippen molar-refractivity contribution in [1.29, 1.82) is 0 Å². The smallest absolute Gasteiger partial charge is 0.251 e. The molecule has 2 aliphatic heterocycles. The Balaban J connectivity index is 1.47. The predicted octanol–water partition coefficient (Wildman–Crippen LogP) is 6.36. The Morgan fingerprint density at radius 2 is 1.70 bits per heavy atom. The molecule has 0 aromatic heterocycles. The monoisotopic (exact) mass is 457 g/mol. The number of amides is 1. The van der Waals surface area contributed by atoms with Crippen LogP contribution in [-0.2, 0) is 6.54 Å². The minimum atomic E-state index is -0.0286. The van der Waals surface area contributed by atoms with Crippen LogP contribution in [0.2, 0.25) is 0 Å². The second kappa shape index (κ2) is 9.62. The lowest BCUT2D eigenvalue weighted by Gasteiger charge is -2.42. The Morgan fingerprint density at radius 3 is 2.48 bits per heavy atom. The highest BCUT2D eigenvalue weighted by Gasteiger charge is 2.33. The summed E-state index contributed by atoms with van der Waals surface area (Å²) in [7, 11) is 0. The van der Waals surface area contributed by atoms with Crippen LogP contribution in [0.1, 0.15) is 47.7 Å². The lowest BCUT2D eigenvalue weighted by Crippen LogP contribution is -2.45. The van der Waals surface area contributed by atoms with Gasteiger partial charge in [0, 0.05) is 35.0 Å². The molecule has 5 rings (SSSR count). The molecule has 0 spiro atoms. The van der Waals surface area contributed by atoms with Crippen molar-refractivity contribution in [2.24, 2.45) is 0 Å². The zero-order valence-electron chi connectivity index (χ0n) is 19.4. The highest BCUT2D eigenvalue weighted by molar-refractivity contribution is 7.99. The Hall–Kier alpha value is -2.76. The van der Waals surface area contributed by atoms with E-state index in [0.29, 0.717) is 18.3 Å². The SMILES string of the molecule is CCC(N1CCCC1)N1c2ccccc2Sc2ccc(C(=O)NCc3ccccc3C)cc21. The van der Waals surface area contributed by atoms with E-state index in [4.69, 9.17) is 0 Å². The van der Waals surface area contributed by atoms with Crippen LogP contribution in [0.25, 0.3) is 0 Å². The van der Waals surface area contributed by atoms with Crippen molar-refractivity contribution in [2.75, 3.05) is 18.0 Å². The molecule has 0 bridgehead atoms. The van der Waals surface area contributed by atoms with Crippen LogP contribution in [0.15, 0.2) is 76.5 Å². The lowest BCUT2D eigenvalue weighted by atomic mass is 10.1. The number of hydrogen-bond donors (Lipinski definition) is 1. The van der Waals surface area contributed by atoms with Crippen LogP contribution in [0.3, 0.4) is 0 Å². The molecular weight excluding hydrogens is 426 g/mol. The van der Waals surface area contributed by atoms with Gasteiger partial charge in [0.1, 0.15) is 0 Å². The molecule has 1 saturated heterocycles. The van der Waals surface area contributed by atoms with Crippen LogP contribution >= 0.6 is 11.8 Å². The van der Waals surface area contributed by atoms with Crippen molar-refractivity contribution in [3.05, 3.63) is 83.4 Å². The average Bonchev–Trinajstić information content (AvgIpc) is 3.38. The number of para-hydroxylation sites is 1. The van der Waals surface area contributed by atoms with E-state index in [1.165, 1.54) is 33.9 Å². The van der Waals surface area contributed by atoms with Crippen molar-refractivity contribution in [3.8, 4) is 0 Å². The molecule has 1 unspecified atom stereocenters. The van der Waals surface area contributed by atoms with Crippen LogP contribution in [0, 0.1) is 6.92 Å². The summed E-state index contributed by atoms with van der Waals surface area (Å²) in [6, 6.07) is 23.0. The zero-order chi connectivity index (χ0) is 22.8. The second-order valence-corrected chi connectivity index (χ2v) is 9.95. The number of anilines is 2. The van der Waals surface area contributed by atoms with Gasteiger partial charge in [0.25, 0.3) is 5.91 Å². The van der Waals surface area contributed by atoms with E-state index in [1.807, 2.05) is 18.2 Å². The molecule has 33 heavy (non-hydrogen) atoms. The molecule has 0 aliphatic carbocycles. The molecule has 4 nitrogen and oxygen atoms in total. The van der Waals surface area contributed by atoms with Crippen LogP contribution in [0.5, 0.6) is 0 Å². The fourth-order valence-corrected chi connectivity index (χ4v) is 6.03. The van der Waals surface area contributed by atoms with Gasteiger partial charge in [0.05, 0.1) is 17.5 Å². The van der Waals surface area contributed by atoms with Gasteiger partial charge >= 0.3 is 0 Å². The first-order chi connectivity index (χ1) is 16.2. The average molecular weight is 458 g/mol. The van der Waals surface area contributed by atoms with E-state index >= 15 is 0 Å². The third-order valence-corrected chi connectivity index (χ3v) is 7.88. The number of rotatable bonds is 6. The molecule has 0 saturated carbocycles. The molecule has 3 aromatic carbocycles. The minimum Gasteiger partial charge on any atom is -0.348 e. The summed E-state index contributed by atoms with van der Waals surface area (Å²) in [5.74, 6) is -0.0286. The molecule has 1 fully saturated rings. The van der Waals surface area contributed by atoms with Crippen LogP contribution < -0.4 is 10.2 Å². The summed E-state index contributed by atoms with van der Waals surface area (Å²) in [5, 5.41) is 3.12. The normalized spacial score (nSPS) is 16.2. The summed E-state index contributed by atoms with van der Waals surface area (Å²) in [4.78, 5) is 20.7. The van der Waals surface area contributed by atoms with Crippen LogP contribution in [0.4, 0.5) is 11.4 Å². The maximum Gasteiger partial charge on any atom is 0.251 e. The number of carbonyl (C=O) groups is 1. The van der Waals surface area contributed by atoms with Crippen molar-refractivity contribution in [3.63, 3.8) is 0 Å². The number of aryl methyl sites for hydroxylation is 1. The summed E-state index contributed by atoms with van der Waals surface area (Å²) in [6.45, 7) is 7.16. The van der Waals surface area contributed by atoms with E-state index in [9.17, 15) is 4.79 Å². The first-order valence-corrected chi connectivity index (χ1v) is 12.7. The molecule has 3 aromatic rings. The first kappa shape index (κ1) is 22.1. The van der Waals surface area contributed by atoms with E-state index in [0.717, 1.165) is 30.8 Å². The van der Waals surface area contributed by atoms with Gasteiger partial charge in [-0.1, -0.05) is 55.1 Å². The van der Waals surface area contributed by atoms with Gasteiger partial charge in [-0.15, -0.1) is 0 Å². The van der Waals surface area contributed by atoms with E-state index < -0.39 is 0 Å². The number of likely N-dealkylation sites (tertiary alicyclic amines) is 1. The number of hydrogen-bond acceptors (Lipinski definition) is 4. The highest BCUT2D eigenvalue weighted by Crippen LogP contribution is 2.50. The van der Waals surface area contributed by atoms with Gasteiger partial charge in [0.2, 0.25) is 0 Å². The summed E-state index contributed by atoms with van der Waals surface area (Å²) >= 11 is 1.80. The number of nitrogens with zero attached hydrogens (tertiary/aromatic N) is 2. The van der Waals surface area contributed by atoms with E-state index in [-0.39, 0.29) is 5.91 Å². The van der Waals surface area contributed by atoms with Crippen LogP contribution in [-0.4, -0.2) is 30.1 Å². The Bertz CT molecular complexity index is 1160. The molecule has 5 heteroatoms. The van der Waals surface area contributed by atoms with Crippen molar-refractivity contribution >= 4 is 29.0 Å². The summed E-state index contributed by atoms with van der Waals surface area (Å²) in [6.07, 6.45) is 3.84. The molecule has 1 atom stereocenters. The van der Waals surface area contributed by atoms with Crippen molar-refractivity contribution < 1.29 is 4.79 Å². The molecule has 1 N–H and O–H groups in total. The maximum absolute atomic E-state index is 13.1. The number of nitrogens with one attached hydrogen (secondary N) is 1. The number of fused-ring (bicyclic) bond motifs is 2. The standard InChI is InChI=1S/C28H31N3OS/c1-3-27(30-16-8-9-17-30)31-23-12-6-7-13-25(23)33-26-15-14-21(18-24(26)31)28(32)29-19-22-11-5-4-10-20(22)2/h4-7,10-15,18,27H,3,8-9,16-17,19H2,1-2H3,(H,29,32). The minimum absolute atomic E-state index is 0.0286. The van der Waals surface area contributed by atoms with Gasteiger partial charge in [-0.25, -0.2) is 0 Å². The predicted molar refractivity (Wildman–Crippen MR) is 136 cm³/mol. The second-order valence-electron chi connectivity index (χ2n) is 8.86. The van der Waals surface area contributed by atoms with Gasteiger partial charge in [-0.2, -0.15) is 0 Å². The van der Waals surface area contributed by atoms with Gasteiger partial charge in [0.15, 0.2) is 0 Å². The summed E-state index contributed by atoms with van der Waals surface area (Å²) < 4.78 is 0. The topological polar surface area (TPSA) is 35.6 Å². The van der Waals surface area contributed by atoms with Gasteiger partial charge < -0.3 is 10.2 Å². The highest BCUT2D eigenvalue weighted by atomic mass is 32.2. The Labute approximate surface area is 201 Å². The van der Waals surface area contributed by atoms with E-state index in [1.54, 1.807) is 11.8 Å². The van der Waals surface area contributed by atoms with Gasteiger partial charge in [-0.3, -0.25) is 9.69 Å². The molecule has 0 radical (unpaired) electrons. The quantitative estimate of drug-likeness (QED) is 0.467. The third kappa shape index (κ3) is 4.40. The molecule has 1 amide bonds. The van der Waals surface area contributed by atoms with Crippen molar-refractivity contribution in [2.45, 2.75) is 55.6 Å². The molecule has 2 aliphatic rings. The largest absolute Gasteiger partial charge is 0.348 e. The molecular formula is C28H31N3OS. The lowest BCUT2D eigenvalue weighted by molar-refractivity contribution is 0.0951. The zero-order valence-corrected chi connectivity index (χ0v) is 20.2. The third-order valence-electron chi connectivity index (χ3n) is 6.75.